The lowest BCUT2D eigenvalue weighted by Gasteiger charge is -2.17. The van der Waals surface area contributed by atoms with E-state index in [-0.39, 0.29) is 0 Å². The first kappa shape index (κ1) is 13.9. The fourth-order valence-corrected chi connectivity index (χ4v) is 1.47. The summed E-state index contributed by atoms with van der Waals surface area (Å²) in [7, 11) is 2.06. The van der Waals surface area contributed by atoms with Crippen LogP contribution in [0.4, 0.5) is 5.82 Å². The molecule has 0 fully saturated rings. The molecule has 0 radical (unpaired) electrons. The molecule has 96 valence electrons. The molecule has 0 amide bonds. The van der Waals surface area contributed by atoms with Crippen LogP contribution < -0.4 is 10.2 Å². The van der Waals surface area contributed by atoms with Gasteiger partial charge in [-0.05, 0) is 18.6 Å². The monoisotopic (exact) mass is 236 g/mol. The summed E-state index contributed by atoms with van der Waals surface area (Å²) in [6.07, 6.45) is 2.39. The number of nitrogens with one attached hydrogen (secondary N) is 1. The van der Waals surface area contributed by atoms with Crippen LogP contribution in [-0.2, 0) is 6.54 Å². The molecule has 1 N–H and O–H groups in total. The Bertz CT molecular complexity index is 308. The molecule has 17 heavy (non-hydrogen) atoms. The highest BCUT2D eigenvalue weighted by molar-refractivity contribution is 5.35. The summed E-state index contributed by atoms with van der Waals surface area (Å²) in [5.41, 5.74) is 0.992. The molecule has 0 atom stereocenters. The van der Waals surface area contributed by atoms with E-state index in [1.54, 1.807) is 0 Å². The lowest BCUT2D eigenvalue weighted by molar-refractivity contribution is 0.577. The normalized spacial score (nSPS) is 10.9. The molecule has 0 aliphatic heterocycles. The van der Waals surface area contributed by atoms with E-state index < -0.39 is 0 Å². The van der Waals surface area contributed by atoms with Gasteiger partial charge in [-0.1, -0.05) is 27.2 Å². The molecule has 4 heteroatoms. The van der Waals surface area contributed by atoms with Crippen molar-refractivity contribution in [3.05, 3.63) is 17.8 Å². The minimum atomic E-state index is 0.476. The quantitative estimate of drug-likeness (QED) is 0.788. The van der Waals surface area contributed by atoms with Crippen molar-refractivity contribution in [3.63, 3.8) is 0 Å². The summed E-state index contributed by atoms with van der Waals surface area (Å²) in [6, 6.07) is 4.56. The van der Waals surface area contributed by atoms with Crippen LogP contribution in [0.2, 0.25) is 0 Å². The molecule has 0 spiro atoms. The third-order valence-corrected chi connectivity index (χ3v) is 2.64. The molecular formula is C13H24N4. The number of anilines is 1. The number of aromatic nitrogens is 2. The highest BCUT2D eigenvalue weighted by Crippen LogP contribution is 2.08. The van der Waals surface area contributed by atoms with Crippen LogP contribution in [0.25, 0.3) is 0 Å². The first-order chi connectivity index (χ1) is 8.13. The van der Waals surface area contributed by atoms with Gasteiger partial charge in [0.2, 0.25) is 0 Å². The van der Waals surface area contributed by atoms with Gasteiger partial charge in [-0.25, -0.2) is 0 Å². The number of rotatable bonds is 7. The zero-order chi connectivity index (χ0) is 12.7. The van der Waals surface area contributed by atoms with Gasteiger partial charge < -0.3 is 10.2 Å². The average molecular weight is 236 g/mol. The Labute approximate surface area is 104 Å². The van der Waals surface area contributed by atoms with Crippen LogP contribution in [0.3, 0.4) is 0 Å². The Kier molecular flexibility index (Phi) is 5.91. The molecule has 1 aromatic heterocycles. The molecule has 0 unspecified atom stereocenters. The maximum absolute atomic E-state index is 4.25. The van der Waals surface area contributed by atoms with Gasteiger partial charge in [-0.15, -0.1) is 5.10 Å². The fourth-order valence-electron chi connectivity index (χ4n) is 1.47. The summed E-state index contributed by atoms with van der Waals surface area (Å²) in [5, 5.41) is 11.8. The van der Waals surface area contributed by atoms with Crippen LogP contribution in [0.5, 0.6) is 0 Å². The number of nitrogens with zero attached hydrogens (tertiary/aromatic N) is 3. The van der Waals surface area contributed by atoms with Crippen molar-refractivity contribution >= 4 is 5.82 Å². The average Bonchev–Trinajstić information content (AvgIpc) is 2.34. The largest absolute Gasteiger partial charge is 0.358 e. The second-order valence-electron chi connectivity index (χ2n) is 4.69. The third-order valence-electron chi connectivity index (χ3n) is 2.64. The van der Waals surface area contributed by atoms with E-state index in [0.717, 1.165) is 24.6 Å². The van der Waals surface area contributed by atoms with E-state index in [9.17, 15) is 0 Å². The summed E-state index contributed by atoms with van der Waals surface area (Å²) >= 11 is 0. The van der Waals surface area contributed by atoms with Gasteiger partial charge in [0, 0.05) is 26.2 Å². The smallest absolute Gasteiger partial charge is 0.150 e. The van der Waals surface area contributed by atoms with E-state index in [0.29, 0.717) is 6.04 Å². The van der Waals surface area contributed by atoms with Gasteiger partial charge in [0.25, 0.3) is 0 Å². The van der Waals surface area contributed by atoms with Crippen molar-refractivity contribution < 1.29 is 0 Å². The molecule has 0 aliphatic rings. The lowest BCUT2D eigenvalue weighted by atomic mass is 10.3. The standard InChI is InChI=1S/C13H24N4/c1-5-6-9-17(4)13-8-7-12(15-16-13)10-14-11(2)3/h7-8,11,14H,5-6,9-10H2,1-4H3. The zero-order valence-electron chi connectivity index (χ0n) is 11.4. The summed E-state index contributed by atoms with van der Waals surface area (Å²) in [6.45, 7) is 8.26. The van der Waals surface area contributed by atoms with Crippen molar-refractivity contribution in [2.75, 3.05) is 18.5 Å². The second kappa shape index (κ2) is 7.22. The Morgan fingerprint density at radius 2 is 2.06 bits per heavy atom. The van der Waals surface area contributed by atoms with E-state index in [4.69, 9.17) is 0 Å². The van der Waals surface area contributed by atoms with Crippen molar-refractivity contribution in [2.45, 2.75) is 46.2 Å². The van der Waals surface area contributed by atoms with Gasteiger partial charge in [-0.3, -0.25) is 0 Å². The maximum Gasteiger partial charge on any atom is 0.150 e. The Balaban J connectivity index is 2.49. The van der Waals surface area contributed by atoms with Crippen molar-refractivity contribution in [3.8, 4) is 0 Å². The van der Waals surface area contributed by atoms with E-state index in [1.165, 1.54) is 12.8 Å². The minimum absolute atomic E-state index is 0.476. The molecule has 0 saturated carbocycles. The topological polar surface area (TPSA) is 41.0 Å². The molecule has 0 aromatic carbocycles. The van der Waals surface area contributed by atoms with Crippen LogP contribution in [0.15, 0.2) is 12.1 Å². The maximum atomic E-state index is 4.25. The Hall–Kier alpha value is -1.16. The van der Waals surface area contributed by atoms with Crippen LogP contribution in [0, 0.1) is 0 Å². The van der Waals surface area contributed by atoms with Crippen LogP contribution >= 0.6 is 0 Å². The SMILES string of the molecule is CCCCN(C)c1ccc(CNC(C)C)nn1. The Morgan fingerprint density at radius 3 is 2.59 bits per heavy atom. The molecule has 4 nitrogen and oxygen atoms in total. The number of hydrogen-bond acceptors (Lipinski definition) is 4. The molecule has 1 heterocycles. The summed E-state index contributed by atoms with van der Waals surface area (Å²) in [4.78, 5) is 2.15. The Morgan fingerprint density at radius 1 is 1.29 bits per heavy atom. The predicted octanol–water partition coefficient (Wildman–Crippen LogP) is 2.21. The van der Waals surface area contributed by atoms with Gasteiger partial charge in [-0.2, -0.15) is 5.10 Å². The van der Waals surface area contributed by atoms with Gasteiger partial charge >= 0.3 is 0 Å². The highest BCUT2D eigenvalue weighted by Gasteiger charge is 2.03. The van der Waals surface area contributed by atoms with Gasteiger partial charge in [0.15, 0.2) is 5.82 Å². The molecular weight excluding hydrogens is 212 g/mol. The first-order valence-corrected chi connectivity index (χ1v) is 6.40. The minimum Gasteiger partial charge on any atom is -0.358 e. The van der Waals surface area contributed by atoms with Gasteiger partial charge in [0.1, 0.15) is 0 Å². The van der Waals surface area contributed by atoms with Crippen molar-refractivity contribution in [1.29, 1.82) is 0 Å². The molecule has 1 aromatic rings. The third kappa shape index (κ3) is 5.13. The zero-order valence-corrected chi connectivity index (χ0v) is 11.4. The highest BCUT2D eigenvalue weighted by atomic mass is 15.2. The first-order valence-electron chi connectivity index (χ1n) is 6.40. The van der Waals surface area contributed by atoms with Crippen molar-refractivity contribution in [2.24, 2.45) is 0 Å². The van der Waals surface area contributed by atoms with Gasteiger partial charge in [0.05, 0.1) is 5.69 Å². The number of hydrogen-bond donors (Lipinski definition) is 1. The molecule has 0 aliphatic carbocycles. The fraction of sp³-hybridized carbons (Fsp3) is 0.692. The van der Waals surface area contributed by atoms with E-state index in [1.807, 2.05) is 12.1 Å². The van der Waals surface area contributed by atoms with Crippen molar-refractivity contribution in [1.82, 2.24) is 15.5 Å². The van der Waals surface area contributed by atoms with Crippen LogP contribution in [-0.4, -0.2) is 29.8 Å². The van der Waals surface area contributed by atoms with E-state index >= 15 is 0 Å². The predicted molar refractivity (Wildman–Crippen MR) is 72.2 cm³/mol. The molecule has 0 saturated heterocycles. The summed E-state index contributed by atoms with van der Waals surface area (Å²) < 4.78 is 0. The molecule has 1 rings (SSSR count). The van der Waals surface area contributed by atoms with Crippen LogP contribution in [0.1, 0.15) is 39.3 Å². The number of unbranched alkanes of at least 4 members (excludes halogenated alkanes) is 1. The second-order valence-corrected chi connectivity index (χ2v) is 4.69. The lowest BCUT2D eigenvalue weighted by Crippen LogP contribution is -2.23. The van der Waals surface area contributed by atoms with E-state index in [2.05, 4.69) is 48.2 Å². The molecule has 0 bridgehead atoms. The summed E-state index contributed by atoms with van der Waals surface area (Å²) in [5.74, 6) is 0.951.